The van der Waals surface area contributed by atoms with Gasteiger partial charge >= 0.3 is 5.97 Å². The Labute approximate surface area is 190 Å². The normalized spacial score (nSPS) is 14.5. The van der Waals surface area contributed by atoms with Gasteiger partial charge in [0.1, 0.15) is 28.2 Å². The minimum atomic E-state index is -1.54. The number of hydrogen-bond donors (Lipinski definition) is 1. The first-order valence-corrected chi connectivity index (χ1v) is 11.8. The number of hydrogen-bond acceptors (Lipinski definition) is 8. The predicted octanol–water partition coefficient (Wildman–Crippen LogP) is 3.55. The summed E-state index contributed by atoms with van der Waals surface area (Å²) in [4.78, 5) is 24.7. The number of carbonyl (C=O) groups is 2. The number of esters is 1. The van der Waals surface area contributed by atoms with Gasteiger partial charge in [-0.2, -0.15) is 11.3 Å². The molecule has 0 amide bonds. The zero-order chi connectivity index (χ0) is 23.1. The smallest absolute Gasteiger partial charge is 0.313 e. The molecular weight excluding hydrogens is 438 g/mol. The van der Waals surface area contributed by atoms with E-state index >= 15 is 0 Å². The Morgan fingerprint density at radius 1 is 1.16 bits per heavy atom. The number of Topliss-reactive ketones (excluding diaryl/α,β-unsaturated/α-hetero) is 1. The van der Waals surface area contributed by atoms with Crippen LogP contribution in [0.1, 0.15) is 44.7 Å². The molecule has 0 bridgehead atoms. The van der Waals surface area contributed by atoms with Gasteiger partial charge in [-0.05, 0) is 49.2 Å². The highest BCUT2D eigenvalue weighted by Crippen LogP contribution is 2.41. The zero-order valence-electron chi connectivity index (χ0n) is 18.4. The molecule has 2 unspecified atom stereocenters. The molecule has 1 aromatic carbocycles. The van der Waals surface area contributed by atoms with E-state index in [2.05, 4.69) is 9.46 Å². The molecule has 9 heteroatoms. The summed E-state index contributed by atoms with van der Waals surface area (Å²) in [6, 6.07) is 9.09. The monoisotopic (exact) mass is 467 g/mol. The third kappa shape index (κ3) is 6.54. The summed E-state index contributed by atoms with van der Waals surface area (Å²) in [7, 11) is 2.75. The van der Waals surface area contributed by atoms with E-state index in [0.717, 1.165) is 5.56 Å². The summed E-state index contributed by atoms with van der Waals surface area (Å²) in [5.74, 6) is -0.483. The number of ether oxygens (including phenoxy) is 3. The minimum Gasteiger partial charge on any atom is -0.598 e. The van der Waals surface area contributed by atoms with Crippen molar-refractivity contribution in [1.29, 1.82) is 0 Å². The molecule has 0 spiro atoms. The number of methoxy groups -OCH3 is 2. The van der Waals surface area contributed by atoms with Crippen molar-refractivity contribution < 1.29 is 28.4 Å². The highest BCUT2D eigenvalue weighted by Gasteiger charge is 2.45. The van der Waals surface area contributed by atoms with Crippen molar-refractivity contribution in [2.75, 3.05) is 21.0 Å². The second-order valence-electron chi connectivity index (χ2n) is 7.92. The Kier molecular flexibility index (Phi) is 9.08. The average molecular weight is 468 g/mol. The van der Waals surface area contributed by atoms with Crippen LogP contribution in [0.15, 0.2) is 41.1 Å². The first-order valence-electron chi connectivity index (χ1n) is 9.66. The van der Waals surface area contributed by atoms with Gasteiger partial charge in [-0.1, -0.05) is 18.2 Å². The SMILES string of the molecule is COCOc1ccccc1C(CC(=O)CC(=O)OC)(N[S+]([O-])C(C)(C)C)c1ccsc1. The summed E-state index contributed by atoms with van der Waals surface area (Å²) in [5, 5.41) is 3.78. The van der Waals surface area contributed by atoms with Crippen molar-refractivity contribution in [2.45, 2.75) is 43.9 Å². The summed E-state index contributed by atoms with van der Waals surface area (Å²) in [6.07, 6.45) is -0.499. The van der Waals surface area contributed by atoms with Crippen LogP contribution in [0, 0.1) is 0 Å². The number of carbonyl (C=O) groups excluding carboxylic acids is 2. The zero-order valence-corrected chi connectivity index (χ0v) is 20.1. The highest BCUT2D eigenvalue weighted by atomic mass is 32.2. The highest BCUT2D eigenvalue weighted by molar-refractivity contribution is 7.90. The van der Waals surface area contributed by atoms with E-state index in [-0.39, 0.29) is 25.4 Å². The van der Waals surface area contributed by atoms with Crippen molar-refractivity contribution in [3.8, 4) is 5.75 Å². The van der Waals surface area contributed by atoms with Gasteiger partial charge in [0.25, 0.3) is 0 Å². The van der Waals surface area contributed by atoms with E-state index in [1.165, 1.54) is 25.6 Å². The fourth-order valence-corrected chi connectivity index (χ4v) is 4.63. The molecule has 1 heterocycles. The Balaban J connectivity index is 2.66. The van der Waals surface area contributed by atoms with Gasteiger partial charge in [0.05, 0.1) is 7.11 Å². The third-order valence-corrected chi connectivity index (χ3v) is 6.88. The summed E-state index contributed by atoms with van der Waals surface area (Å²) in [5.41, 5.74) is 0.191. The van der Waals surface area contributed by atoms with Crippen LogP contribution in [0.3, 0.4) is 0 Å². The molecule has 2 aromatic rings. The Morgan fingerprint density at radius 3 is 2.45 bits per heavy atom. The van der Waals surface area contributed by atoms with Gasteiger partial charge in [-0.3, -0.25) is 9.59 Å². The molecular formula is C22H29NO6S2. The van der Waals surface area contributed by atoms with Crippen LogP contribution >= 0.6 is 11.3 Å². The van der Waals surface area contributed by atoms with Crippen LogP contribution in [-0.2, 0) is 36.0 Å². The summed E-state index contributed by atoms with van der Waals surface area (Å²) in [6.45, 7) is 5.55. The average Bonchev–Trinajstić information content (AvgIpc) is 3.26. The number of rotatable bonds is 11. The maximum Gasteiger partial charge on any atom is 0.313 e. The minimum absolute atomic E-state index is 0.00912. The molecule has 2 atom stereocenters. The van der Waals surface area contributed by atoms with E-state index in [0.29, 0.717) is 11.3 Å². The molecule has 0 radical (unpaired) electrons. The van der Waals surface area contributed by atoms with E-state index in [1.807, 2.05) is 55.8 Å². The lowest BCUT2D eigenvalue weighted by molar-refractivity contribution is -0.143. The Hall–Kier alpha value is -1.91. The molecule has 1 aromatic heterocycles. The number of ketones is 1. The van der Waals surface area contributed by atoms with Crippen LogP contribution in [0.5, 0.6) is 5.75 Å². The number of para-hydroxylation sites is 1. The fourth-order valence-electron chi connectivity index (χ4n) is 2.98. The lowest BCUT2D eigenvalue weighted by Gasteiger charge is -2.38. The van der Waals surface area contributed by atoms with Gasteiger partial charge in [0.2, 0.25) is 0 Å². The largest absolute Gasteiger partial charge is 0.598 e. The molecule has 0 saturated heterocycles. The van der Waals surface area contributed by atoms with Crippen LogP contribution in [0.25, 0.3) is 0 Å². The van der Waals surface area contributed by atoms with Crippen molar-refractivity contribution >= 4 is 34.5 Å². The first kappa shape index (κ1) is 25.4. The maximum absolute atomic E-state index is 13.3. The molecule has 0 aliphatic rings. The van der Waals surface area contributed by atoms with Crippen molar-refractivity contribution in [3.05, 3.63) is 52.2 Å². The topological polar surface area (TPSA) is 96.9 Å². The van der Waals surface area contributed by atoms with Crippen LogP contribution < -0.4 is 9.46 Å². The van der Waals surface area contributed by atoms with E-state index < -0.39 is 27.6 Å². The predicted molar refractivity (Wildman–Crippen MR) is 121 cm³/mol. The molecule has 1 N–H and O–H groups in total. The third-order valence-electron chi connectivity index (χ3n) is 4.55. The van der Waals surface area contributed by atoms with Gasteiger partial charge < -0.3 is 18.8 Å². The van der Waals surface area contributed by atoms with Crippen molar-refractivity contribution in [1.82, 2.24) is 4.72 Å². The molecule has 7 nitrogen and oxygen atoms in total. The van der Waals surface area contributed by atoms with Crippen molar-refractivity contribution in [3.63, 3.8) is 0 Å². The summed E-state index contributed by atoms with van der Waals surface area (Å²) >= 11 is -0.0798. The van der Waals surface area contributed by atoms with Gasteiger partial charge in [-0.15, -0.1) is 4.72 Å². The number of nitrogens with one attached hydrogen (secondary N) is 1. The Bertz CT molecular complexity index is 865. The second-order valence-corrected chi connectivity index (χ2v) is 10.7. The molecule has 31 heavy (non-hydrogen) atoms. The molecule has 0 saturated carbocycles. The number of benzene rings is 1. The molecule has 0 fully saturated rings. The first-order chi connectivity index (χ1) is 14.6. The Morgan fingerprint density at radius 2 is 1.87 bits per heavy atom. The molecule has 0 aliphatic heterocycles. The van der Waals surface area contributed by atoms with Crippen LogP contribution in [0.4, 0.5) is 0 Å². The van der Waals surface area contributed by atoms with E-state index in [9.17, 15) is 14.1 Å². The quantitative estimate of drug-likeness (QED) is 0.234. The van der Waals surface area contributed by atoms with Gasteiger partial charge in [0, 0.05) is 30.5 Å². The molecule has 170 valence electrons. The van der Waals surface area contributed by atoms with Gasteiger partial charge in [-0.25, -0.2) is 0 Å². The lowest BCUT2D eigenvalue weighted by Crippen LogP contribution is -2.53. The van der Waals surface area contributed by atoms with Crippen LogP contribution in [0.2, 0.25) is 0 Å². The molecule has 0 aliphatic carbocycles. The van der Waals surface area contributed by atoms with E-state index in [4.69, 9.17) is 9.47 Å². The standard InChI is InChI=1S/C22H29NO6S2/c1-21(2,3)31(26)23-22(16-10-11-30-14-16,13-17(24)12-20(25)28-5)18-8-6-7-9-19(18)29-15-27-4/h6-11,14,23H,12-13,15H2,1-5H3. The summed E-state index contributed by atoms with van der Waals surface area (Å²) < 4.78 is 31.4. The van der Waals surface area contributed by atoms with Gasteiger partial charge in [0.15, 0.2) is 6.79 Å². The maximum atomic E-state index is 13.3. The van der Waals surface area contributed by atoms with Crippen LogP contribution in [-0.4, -0.2) is 42.1 Å². The van der Waals surface area contributed by atoms with E-state index in [1.54, 1.807) is 6.07 Å². The number of thiophene rings is 1. The molecule has 2 rings (SSSR count). The lowest BCUT2D eigenvalue weighted by atomic mass is 9.80. The second kappa shape index (κ2) is 11.1. The van der Waals surface area contributed by atoms with Crippen molar-refractivity contribution in [2.24, 2.45) is 0 Å². The fraction of sp³-hybridized carbons (Fsp3) is 0.455.